The zero-order valence-electron chi connectivity index (χ0n) is 41.4. The molecule has 0 saturated heterocycles. The number of nitrogens with zero attached hydrogens (tertiary/aromatic N) is 2. The molecule has 0 aliphatic carbocycles. The first kappa shape index (κ1) is 63.7. The number of hydrogen-bond donors (Lipinski definition) is 0. The van der Waals surface area contributed by atoms with Crippen LogP contribution in [-0.2, 0) is 19.1 Å². The first-order valence-corrected chi connectivity index (χ1v) is 26.1. The molecule has 362 valence electrons. The molecule has 0 atom stereocenters. The standard InChI is InChI=1S/C52H106N2O4.2ClH/c1-7-9-11-13-15-17-19-21-23-25-27-29-31-33-37-41-45-53(3,4)47-49-57-51(55)43-39-35-36-40-44-52(56)58-50-48-54(5,6)46-42-38-34-32-30-28-26-24-22-20-18-16-14-12-10-8-2;;/h7-50H2,1-6H3;2*1H/q+2;;/p-2. The molecule has 0 radical (unpaired) electrons. The Kier molecular flexibility index (Phi) is 50.9. The first-order valence-electron chi connectivity index (χ1n) is 26.1. The average Bonchev–Trinajstić information content (AvgIpc) is 3.18. The highest BCUT2D eigenvalue weighted by molar-refractivity contribution is 5.69. The SMILES string of the molecule is CCCCCCCCCCCCCCCCCC[N+](C)(C)CCOC(=O)CCCCCCC(=O)OCC[N+](C)(C)CCCCCCCCCCCCCCCCCC.[Cl-].[Cl-]. The number of rotatable bonds is 47. The van der Waals surface area contributed by atoms with E-state index in [1.807, 2.05) is 0 Å². The van der Waals surface area contributed by atoms with Gasteiger partial charge in [-0.15, -0.1) is 0 Å². The van der Waals surface area contributed by atoms with Crippen LogP contribution in [-0.4, -0.2) is 88.5 Å². The molecular weight excluding hydrogens is 787 g/mol. The summed E-state index contributed by atoms with van der Waals surface area (Å²) in [4.78, 5) is 24.6. The van der Waals surface area contributed by atoms with Crippen LogP contribution in [0.5, 0.6) is 0 Å². The predicted octanol–water partition coefficient (Wildman–Crippen LogP) is 9.10. The van der Waals surface area contributed by atoms with Gasteiger partial charge in [-0.2, -0.15) is 0 Å². The van der Waals surface area contributed by atoms with Crippen LogP contribution < -0.4 is 24.8 Å². The number of likely N-dealkylation sites (N-methyl/N-ethyl adjacent to an activating group) is 2. The molecule has 0 spiro atoms. The van der Waals surface area contributed by atoms with E-state index < -0.39 is 0 Å². The summed E-state index contributed by atoms with van der Waals surface area (Å²) in [5.74, 6) is -0.163. The Balaban J connectivity index is -0.0000162. The fraction of sp³-hybridized carbons (Fsp3) is 0.962. The Morgan fingerprint density at radius 1 is 0.300 bits per heavy atom. The van der Waals surface area contributed by atoms with Crippen molar-refractivity contribution in [1.82, 2.24) is 0 Å². The van der Waals surface area contributed by atoms with Crippen LogP contribution in [0.2, 0.25) is 0 Å². The highest BCUT2D eigenvalue weighted by Crippen LogP contribution is 2.16. The van der Waals surface area contributed by atoms with Gasteiger partial charge < -0.3 is 43.3 Å². The number of hydrogen-bond acceptors (Lipinski definition) is 4. The van der Waals surface area contributed by atoms with Crippen molar-refractivity contribution in [2.24, 2.45) is 0 Å². The van der Waals surface area contributed by atoms with Crippen LogP contribution in [0.25, 0.3) is 0 Å². The van der Waals surface area contributed by atoms with Crippen molar-refractivity contribution in [2.75, 3.05) is 67.6 Å². The summed E-state index contributed by atoms with van der Waals surface area (Å²) in [6, 6.07) is 0. The first-order chi connectivity index (χ1) is 28.1. The lowest BCUT2D eigenvalue weighted by Crippen LogP contribution is -3.00. The third-order valence-corrected chi connectivity index (χ3v) is 12.7. The average molecular weight is 894 g/mol. The van der Waals surface area contributed by atoms with Gasteiger partial charge in [0.05, 0.1) is 41.3 Å². The van der Waals surface area contributed by atoms with Gasteiger partial charge in [-0.05, 0) is 38.5 Å². The Morgan fingerprint density at radius 2 is 0.500 bits per heavy atom. The maximum absolute atomic E-state index is 12.3. The lowest BCUT2D eigenvalue weighted by Gasteiger charge is -2.29. The van der Waals surface area contributed by atoms with E-state index in [0.29, 0.717) is 26.1 Å². The molecule has 0 saturated carbocycles. The van der Waals surface area contributed by atoms with Gasteiger partial charge in [0.2, 0.25) is 0 Å². The Hall–Kier alpha value is -0.560. The largest absolute Gasteiger partial charge is 1.00 e. The zero-order valence-corrected chi connectivity index (χ0v) is 42.9. The van der Waals surface area contributed by atoms with E-state index in [9.17, 15) is 9.59 Å². The minimum absolute atomic E-state index is 0. The van der Waals surface area contributed by atoms with Crippen molar-refractivity contribution in [3.63, 3.8) is 0 Å². The molecule has 6 nitrogen and oxygen atoms in total. The van der Waals surface area contributed by atoms with E-state index in [0.717, 1.165) is 60.8 Å². The fourth-order valence-electron chi connectivity index (χ4n) is 8.25. The summed E-state index contributed by atoms with van der Waals surface area (Å²) < 4.78 is 13.0. The second-order valence-corrected chi connectivity index (χ2v) is 19.7. The van der Waals surface area contributed by atoms with E-state index >= 15 is 0 Å². The molecule has 0 N–H and O–H groups in total. The summed E-state index contributed by atoms with van der Waals surface area (Å²) in [6.45, 7) is 9.65. The van der Waals surface area contributed by atoms with Gasteiger partial charge in [0, 0.05) is 12.8 Å². The number of esters is 2. The fourth-order valence-corrected chi connectivity index (χ4v) is 8.25. The molecular formula is C52H106Cl2N2O4. The monoisotopic (exact) mass is 893 g/mol. The van der Waals surface area contributed by atoms with Gasteiger partial charge >= 0.3 is 11.9 Å². The highest BCUT2D eigenvalue weighted by atomic mass is 35.5. The van der Waals surface area contributed by atoms with Crippen molar-refractivity contribution < 1.29 is 52.8 Å². The summed E-state index contributed by atoms with van der Waals surface area (Å²) in [7, 11) is 9.03. The predicted molar refractivity (Wildman–Crippen MR) is 252 cm³/mol. The van der Waals surface area contributed by atoms with Gasteiger partial charge in [0.1, 0.15) is 26.3 Å². The zero-order chi connectivity index (χ0) is 42.7. The molecule has 0 aliphatic heterocycles. The van der Waals surface area contributed by atoms with Gasteiger partial charge in [-0.25, -0.2) is 0 Å². The number of quaternary nitrogens is 2. The van der Waals surface area contributed by atoms with Gasteiger partial charge in [0.15, 0.2) is 0 Å². The second kappa shape index (κ2) is 47.9. The Labute approximate surface area is 388 Å². The number of halogens is 2. The molecule has 0 aromatic rings. The molecule has 60 heavy (non-hydrogen) atoms. The van der Waals surface area contributed by atoms with Crippen molar-refractivity contribution in [3.05, 3.63) is 0 Å². The maximum atomic E-state index is 12.3. The number of carbonyl (C=O) groups excluding carboxylic acids is 2. The van der Waals surface area contributed by atoms with Crippen molar-refractivity contribution in [2.45, 2.75) is 258 Å². The smallest absolute Gasteiger partial charge is 0.305 e. The van der Waals surface area contributed by atoms with Gasteiger partial charge in [-0.1, -0.05) is 206 Å². The van der Waals surface area contributed by atoms with E-state index in [4.69, 9.17) is 9.47 Å². The van der Waals surface area contributed by atoms with Gasteiger partial charge in [-0.3, -0.25) is 9.59 Å². The van der Waals surface area contributed by atoms with Crippen LogP contribution in [0.4, 0.5) is 0 Å². The summed E-state index contributed by atoms with van der Waals surface area (Å²) in [5.41, 5.74) is 0. The number of unbranched alkanes of at least 4 members (excludes halogenated alkanes) is 33. The molecule has 0 amide bonds. The number of ether oxygens (including phenoxy) is 2. The minimum atomic E-state index is -0.0813. The Bertz CT molecular complexity index is 818. The topological polar surface area (TPSA) is 52.6 Å². The lowest BCUT2D eigenvalue weighted by atomic mass is 10.0. The lowest BCUT2D eigenvalue weighted by molar-refractivity contribution is -0.890. The highest BCUT2D eigenvalue weighted by Gasteiger charge is 2.17. The van der Waals surface area contributed by atoms with E-state index in [-0.39, 0.29) is 36.8 Å². The quantitative estimate of drug-likeness (QED) is 0.0348. The van der Waals surface area contributed by atoms with Crippen molar-refractivity contribution in [1.29, 1.82) is 0 Å². The van der Waals surface area contributed by atoms with Crippen LogP contribution in [0.15, 0.2) is 0 Å². The van der Waals surface area contributed by atoms with Crippen LogP contribution in [0, 0.1) is 0 Å². The molecule has 0 aliphatic rings. The molecule has 0 unspecified atom stereocenters. The van der Waals surface area contributed by atoms with Crippen LogP contribution in [0.1, 0.15) is 258 Å². The molecule has 0 aromatic carbocycles. The summed E-state index contributed by atoms with van der Waals surface area (Å²) >= 11 is 0. The molecule has 8 heteroatoms. The van der Waals surface area contributed by atoms with E-state index in [2.05, 4.69) is 42.0 Å². The minimum Gasteiger partial charge on any atom is -1.00 e. The summed E-state index contributed by atoms with van der Waals surface area (Å²) in [6.07, 6.45) is 49.3. The molecule has 0 rings (SSSR count). The second-order valence-electron chi connectivity index (χ2n) is 19.7. The molecule has 0 fully saturated rings. The van der Waals surface area contributed by atoms with E-state index in [1.165, 1.54) is 205 Å². The van der Waals surface area contributed by atoms with Crippen molar-refractivity contribution in [3.8, 4) is 0 Å². The number of carbonyl (C=O) groups is 2. The Morgan fingerprint density at radius 3 is 0.733 bits per heavy atom. The van der Waals surface area contributed by atoms with Crippen molar-refractivity contribution >= 4 is 11.9 Å². The van der Waals surface area contributed by atoms with Crippen LogP contribution >= 0.6 is 0 Å². The third kappa shape index (κ3) is 50.1. The molecule has 0 bridgehead atoms. The normalized spacial score (nSPS) is 11.6. The van der Waals surface area contributed by atoms with Crippen LogP contribution in [0.3, 0.4) is 0 Å². The van der Waals surface area contributed by atoms with E-state index in [1.54, 1.807) is 0 Å². The third-order valence-electron chi connectivity index (χ3n) is 12.7. The molecule has 0 aromatic heterocycles. The maximum Gasteiger partial charge on any atom is 0.305 e. The van der Waals surface area contributed by atoms with Gasteiger partial charge in [0.25, 0.3) is 0 Å². The summed E-state index contributed by atoms with van der Waals surface area (Å²) in [5, 5.41) is 0. The molecule has 0 heterocycles.